The van der Waals surface area contributed by atoms with Crippen LogP contribution >= 0.6 is 0 Å². The number of rotatable bonds is 8. The van der Waals surface area contributed by atoms with Gasteiger partial charge in [0.2, 0.25) is 0 Å². The molecule has 0 aromatic heterocycles. The molecule has 1 saturated heterocycles. The van der Waals surface area contributed by atoms with Crippen LogP contribution in [0.1, 0.15) is 43.5 Å². The van der Waals surface area contributed by atoms with Gasteiger partial charge >= 0.3 is 5.97 Å². The molecule has 1 aliphatic heterocycles. The number of aliphatic carboxylic acids is 1. The number of carbonyl (C=O) groups is 3. The molecule has 1 fully saturated rings. The first kappa shape index (κ1) is 21.8. The number of hydrogen-bond acceptors (Lipinski definition) is 6. The number of carboxylic acids is 1. The van der Waals surface area contributed by atoms with Gasteiger partial charge in [-0.1, -0.05) is 26.0 Å². The van der Waals surface area contributed by atoms with Crippen LogP contribution in [0.5, 0.6) is 0 Å². The predicted molar refractivity (Wildman–Crippen MR) is 99.3 cm³/mol. The van der Waals surface area contributed by atoms with E-state index >= 15 is 0 Å². The second-order valence-corrected chi connectivity index (χ2v) is 7.34. The molecule has 1 aromatic carbocycles. The van der Waals surface area contributed by atoms with Crippen LogP contribution in [0.25, 0.3) is 0 Å². The van der Waals surface area contributed by atoms with E-state index in [1.165, 1.54) is 13.2 Å². The summed E-state index contributed by atoms with van der Waals surface area (Å²) in [5, 5.41) is 15.6. The minimum absolute atomic E-state index is 0.0760. The molecule has 1 amide bonds. The second kappa shape index (κ2) is 10.2. The van der Waals surface area contributed by atoms with Crippen molar-refractivity contribution in [3.8, 4) is 0 Å². The molecule has 2 rings (SSSR count). The monoisotopic (exact) mass is 392 g/mol. The Morgan fingerprint density at radius 3 is 2.68 bits per heavy atom. The van der Waals surface area contributed by atoms with Crippen molar-refractivity contribution in [2.75, 3.05) is 19.0 Å². The van der Waals surface area contributed by atoms with Crippen LogP contribution in [-0.2, 0) is 19.1 Å². The number of carbonyl (C=O) groups excluding carboxylic acids is 3. The van der Waals surface area contributed by atoms with Crippen LogP contribution in [0.3, 0.4) is 0 Å². The molecule has 0 spiro atoms. The third-order valence-corrected chi connectivity index (χ3v) is 4.92. The number of esters is 1. The Balaban J connectivity index is 2.11. The number of nitrogens with two attached hydrogens (primary N) is 1. The Bertz CT molecular complexity index is 706. The lowest BCUT2D eigenvalue weighted by Crippen LogP contribution is -2.98. The molecular formula is C20H28N2O6. The van der Waals surface area contributed by atoms with E-state index in [1.807, 2.05) is 0 Å². The van der Waals surface area contributed by atoms with Gasteiger partial charge in [-0.15, -0.1) is 0 Å². The summed E-state index contributed by atoms with van der Waals surface area (Å²) in [7, 11) is 1.25. The van der Waals surface area contributed by atoms with Crippen molar-refractivity contribution in [3.63, 3.8) is 0 Å². The van der Waals surface area contributed by atoms with Gasteiger partial charge in [0.05, 0.1) is 37.1 Å². The number of hydrogen-bond donors (Lipinski definition) is 2. The van der Waals surface area contributed by atoms with E-state index in [-0.39, 0.29) is 23.4 Å². The third-order valence-electron chi connectivity index (χ3n) is 4.92. The summed E-state index contributed by atoms with van der Waals surface area (Å²) in [6.45, 7) is 4.72. The summed E-state index contributed by atoms with van der Waals surface area (Å²) in [6, 6.07) is 5.64. The Kier molecular flexibility index (Phi) is 7.95. The molecule has 0 radical (unpaired) electrons. The zero-order chi connectivity index (χ0) is 20.7. The summed E-state index contributed by atoms with van der Waals surface area (Å²) in [5.41, 5.74) is 0.486. The first-order valence-electron chi connectivity index (χ1n) is 9.46. The molecule has 28 heavy (non-hydrogen) atoms. The maximum atomic E-state index is 12.8. The van der Waals surface area contributed by atoms with E-state index in [1.54, 1.807) is 23.5 Å². The molecular weight excluding hydrogens is 364 g/mol. The third kappa shape index (κ3) is 6.03. The highest BCUT2D eigenvalue weighted by Gasteiger charge is 2.32. The molecule has 0 bridgehead atoms. The molecule has 1 heterocycles. The van der Waals surface area contributed by atoms with Crippen LogP contribution < -0.4 is 15.7 Å². The summed E-state index contributed by atoms with van der Waals surface area (Å²) in [4.78, 5) is 35.9. The van der Waals surface area contributed by atoms with Crippen molar-refractivity contribution >= 4 is 23.5 Å². The SMILES string of the molecule is COC(=O)c1ccccc1NC(=O)[C@H](CC(=O)[O-])[NH2+][C@@H]1CCO[C@H](C(C)C)C1. The van der Waals surface area contributed by atoms with E-state index in [0.717, 1.165) is 12.8 Å². The van der Waals surface area contributed by atoms with Gasteiger partial charge in [0, 0.05) is 25.2 Å². The minimum Gasteiger partial charge on any atom is -0.550 e. The van der Waals surface area contributed by atoms with E-state index in [9.17, 15) is 19.5 Å². The normalized spacial score (nSPS) is 20.4. The summed E-state index contributed by atoms with van der Waals surface area (Å²) < 4.78 is 10.5. The van der Waals surface area contributed by atoms with Crippen LogP contribution in [0, 0.1) is 5.92 Å². The molecule has 0 unspecified atom stereocenters. The molecule has 154 valence electrons. The number of para-hydroxylation sites is 1. The van der Waals surface area contributed by atoms with Crippen molar-refractivity contribution in [2.45, 2.75) is 51.3 Å². The van der Waals surface area contributed by atoms with Crippen molar-refractivity contribution in [3.05, 3.63) is 29.8 Å². The molecule has 3 atom stereocenters. The van der Waals surface area contributed by atoms with E-state index in [4.69, 9.17) is 9.47 Å². The van der Waals surface area contributed by atoms with Crippen molar-refractivity contribution < 1.29 is 34.3 Å². The van der Waals surface area contributed by atoms with Crippen LogP contribution in [0.4, 0.5) is 5.69 Å². The predicted octanol–water partition coefficient (Wildman–Crippen LogP) is -0.313. The smallest absolute Gasteiger partial charge is 0.339 e. The molecule has 8 nitrogen and oxygen atoms in total. The lowest BCUT2D eigenvalue weighted by molar-refractivity contribution is -0.713. The Hall–Kier alpha value is -2.45. The number of nitrogens with one attached hydrogen (secondary N) is 1. The standard InChI is InChI=1S/C20H28N2O6/c1-12(2)17-10-13(8-9-28-17)21-16(11-18(23)24)19(25)22-15-7-5-4-6-14(15)20(26)27-3/h4-7,12-13,16-17,21H,8-11H2,1-3H3,(H,22,25)(H,23,24)/t13-,16+,17+/m1/s1. The Labute approximate surface area is 164 Å². The van der Waals surface area contributed by atoms with Crippen LogP contribution in [0.15, 0.2) is 24.3 Å². The number of carboxylic acid groups (broad SMARTS) is 1. The highest BCUT2D eigenvalue weighted by molar-refractivity contribution is 6.02. The molecule has 1 aromatic rings. The second-order valence-electron chi connectivity index (χ2n) is 7.34. The number of amides is 1. The number of ether oxygens (including phenoxy) is 2. The van der Waals surface area contributed by atoms with Gasteiger partial charge in [0.15, 0.2) is 6.04 Å². The average molecular weight is 392 g/mol. The van der Waals surface area contributed by atoms with Gasteiger partial charge in [0.25, 0.3) is 5.91 Å². The van der Waals surface area contributed by atoms with E-state index < -0.39 is 30.3 Å². The first-order chi connectivity index (χ1) is 13.3. The molecule has 1 aliphatic rings. The summed E-state index contributed by atoms with van der Waals surface area (Å²) in [6.07, 6.45) is 1.14. The van der Waals surface area contributed by atoms with Gasteiger partial charge < -0.3 is 30.0 Å². The number of methoxy groups -OCH3 is 1. The van der Waals surface area contributed by atoms with E-state index in [0.29, 0.717) is 12.5 Å². The zero-order valence-electron chi connectivity index (χ0n) is 16.5. The average Bonchev–Trinajstić information content (AvgIpc) is 2.67. The fourth-order valence-electron chi connectivity index (χ4n) is 3.36. The minimum atomic E-state index is -1.30. The fraction of sp³-hybridized carbons (Fsp3) is 0.550. The lowest BCUT2D eigenvalue weighted by atomic mass is 9.94. The Morgan fingerprint density at radius 2 is 2.04 bits per heavy atom. The Morgan fingerprint density at radius 1 is 1.32 bits per heavy atom. The lowest BCUT2D eigenvalue weighted by Gasteiger charge is -2.32. The quantitative estimate of drug-likeness (QED) is 0.585. The van der Waals surface area contributed by atoms with Gasteiger partial charge in [-0.25, -0.2) is 4.79 Å². The zero-order valence-corrected chi connectivity index (χ0v) is 16.5. The fourth-order valence-corrected chi connectivity index (χ4v) is 3.36. The summed E-state index contributed by atoms with van der Waals surface area (Å²) in [5.74, 6) is -2.03. The first-order valence-corrected chi connectivity index (χ1v) is 9.46. The van der Waals surface area contributed by atoms with Gasteiger partial charge in [-0.05, 0) is 18.1 Å². The van der Waals surface area contributed by atoms with Crippen LogP contribution in [0.2, 0.25) is 0 Å². The molecule has 3 N–H and O–H groups in total. The maximum Gasteiger partial charge on any atom is 0.339 e. The van der Waals surface area contributed by atoms with Gasteiger partial charge in [-0.3, -0.25) is 4.79 Å². The van der Waals surface area contributed by atoms with Crippen molar-refractivity contribution in [1.82, 2.24) is 0 Å². The van der Waals surface area contributed by atoms with E-state index in [2.05, 4.69) is 19.2 Å². The topological polar surface area (TPSA) is 121 Å². The number of quaternary nitrogens is 1. The van der Waals surface area contributed by atoms with Gasteiger partial charge in [0.1, 0.15) is 0 Å². The number of anilines is 1. The molecule has 0 saturated carbocycles. The largest absolute Gasteiger partial charge is 0.550 e. The molecule has 8 heteroatoms. The van der Waals surface area contributed by atoms with Crippen LogP contribution in [-0.4, -0.2) is 49.8 Å². The summed E-state index contributed by atoms with van der Waals surface area (Å²) >= 11 is 0. The van der Waals surface area contributed by atoms with Crippen molar-refractivity contribution in [2.24, 2.45) is 5.92 Å². The maximum absolute atomic E-state index is 12.8. The highest BCUT2D eigenvalue weighted by Crippen LogP contribution is 2.19. The highest BCUT2D eigenvalue weighted by atomic mass is 16.5. The van der Waals surface area contributed by atoms with Gasteiger partial charge in [-0.2, -0.15) is 0 Å². The van der Waals surface area contributed by atoms with Crippen molar-refractivity contribution in [1.29, 1.82) is 0 Å². The molecule has 0 aliphatic carbocycles. The number of benzene rings is 1.